The number of nitrogens with zero attached hydrogens (tertiary/aromatic N) is 5. The highest BCUT2D eigenvalue weighted by Crippen LogP contribution is 2.43. The molecule has 2 N–H and O–H groups in total. The summed E-state index contributed by atoms with van der Waals surface area (Å²) in [6.07, 6.45) is 4.08. The monoisotopic (exact) mass is 456 g/mol. The van der Waals surface area contributed by atoms with E-state index >= 15 is 0 Å². The molecular formula is C24H36N6O3. The molecule has 1 fully saturated rings. The number of hydrogen-bond acceptors (Lipinski definition) is 7. The number of aryl methyl sites for hydroxylation is 2. The summed E-state index contributed by atoms with van der Waals surface area (Å²) < 4.78 is 8.78. The summed E-state index contributed by atoms with van der Waals surface area (Å²) in [5.74, 6) is 0.507. The van der Waals surface area contributed by atoms with Crippen LogP contribution in [0.2, 0.25) is 0 Å². The smallest absolute Gasteiger partial charge is 0.330 e. The Morgan fingerprint density at radius 1 is 1.33 bits per heavy atom. The maximum Gasteiger partial charge on any atom is 0.330 e. The van der Waals surface area contributed by atoms with Gasteiger partial charge in [-0.3, -0.25) is 14.3 Å². The second-order valence-electron chi connectivity index (χ2n) is 11.3. The van der Waals surface area contributed by atoms with Crippen LogP contribution in [0.25, 0.3) is 11.2 Å². The summed E-state index contributed by atoms with van der Waals surface area (Å²) in [4.78, 5) is 21.9. The fourth-order valence-corrected chi connectivity index (χ4v) is 4.79. The van der Waals surface area contributed by atoms with Crippen molar-refractivity contribution in [1.29, 1.82) is 0 Å². The topological polar surface area (TPSA) is 101 Å². The molecule has 1 saturated carbocycles. The van der Waals surface area contributed by atoms with Crippen LogP contribution in [0, 0.1) is 17.8 Å². The van der Waals surface area contributed by atoms with E-state index in [1.165, 1.54) is 6.39 Å². The second kappa shape index (κ2) is 8.29. The molecule has 1 aliphatic rings. The van der Waals surface area contributed by atoms with Gasteiger partial charge in [0.25, 0.3) is 5.88 Å². The van der Waals surface area contributed by atoms with Crippen molar-refractivity contribution in [2.24, 2.45) is 17.9 Å². The van der Waals surface area contributed by atoms with Crippen LogP contribution in [-0.4, -0.2) is 30.4 Å². The van der Waals surface area contributed by atoms with E-state index in [1.54, 1.807) is 18.5 Å². The van der Waals surface area contributed by atoms with E-state index in [-0.39, 0.29) is 28.5 Å². The maximum absolute atomic E-state index is 12.9. The average Bonchev–Trinajstić information content (AvgIpc) is 3.25. The molecule has 0 bridgehead atoms. The molecule has 4 rings (SSSR count). The Kier molecular flexibility index (Phi) is 5.90. The molecule has 0 spiro atoms. The summed E-state index contributed by atoms with van der Waals surface area (Å²) in [5, 5.41) is 11.5. The van der Waals surface area contributed by atoms with Crippen LogP contribution in [-0.2, 0) is 13.6 Å². The van der Waals surface area contributed by atoms with Crippen LogP contribution in [0.4, 0.5) is 5.88 Å². The number of hydrogen-bond donors (Lipinski definition) is 2. The Morgan fingerprint density at radius 3 is 2.70 bits per heavy atom. The first kappa shape index (κ1) is 23.5. The first-order valence-corrected chi connectivity index (χ1v) is 11.6. The Morgan fingerprint density at radius 2 is 2.06 bits per heavy atom. The van der Waals surface area contributed by atoms with Gasteiger partial charge in [0.15, 0.2) is 12.0 Å². The minimum Gasteiger partial charge on any atom is -0.424 e. The van der Waals surface area contributed by atoms with Gasteiger partial charge >= 0.3 is 5.69 Å². The lowest BCUT2D eigenvalue weighted by Gasteiger charge is -2.43. The van der Waals surface area contributed by atoms with Crippen molar-refractivity contribution in [1.82, 2.24) is 24.5 Å². The Balaban J connectivity index is 1.61. The van der Waals surface area contributed by atoms with E-state index in [4.69, 9.17) is 9.40 Å². The summed E-state index contributed by atoms with van der Waals surface area (Å²) in [6, 6.07) is 4.08. The van der Waals surface area contributed by atoms with Crippen molar-refractivity contribution in [3.63, 3.8) is 0 Å². The summed E-state index contributed by atoms with van der Waals surface area (Å²) in [5.41, 5.74) is 6.32. The molecule has 0 aromatic carbocycles. The van der Waals surface area contributed by atoms with Crippen LogP contribution < -0.4 is 16.3 Å². The molecule has 180 valence electrons. The second-order valence-corrected chi connectivity index (χ2v) is 11.3. The minimum atomic E-state index is -0.0350. The Labute approximate surface area is 194 Å². The van der Waals surface area contributed by atoms with Gasteiger partial charge in [0.05, 0.1) is 5.52 Å². The first-order chi connectivity index (χ1) is 15.4. The number of pyridine rings is 1. The molecule has 2 unspecified atom stereocenters. The number of imidazole rings is 1. The molecular weight excluding hydrogens is 420 g/mol. The van der Waals surface area contributed by atoms with E-state index in [0.29, 0.717) is 18.1 Å². The van der Waals surface area contributed by atoms with Crippen molar-refractivity contribution in [3.8, 4) is 0 Å². The van der Waals surface area contributed by atoms with E-state index in [2.05, 4.69) is 51.1 Å². The fraction of sp³-hybridized carbons (Fsp3) is 0.625. The lowest BCUT2D eigenvalue weighted by Crippen LogP contribution is -2.52. The molecule has 0 saturated heterocycles. The van der Waals surface area contributed by atoms with Gasteiger partial charge in [-0.1, -0.05) is 34.6 Å². The molecule has 3 aromatic heterocycles. The molecule has 0 amide bonds. The average molecular weight is 457 g/mol. The zero-order valence-corrected chi connectivity index (χ0v) is 20.7. The molecule has 33 heavy (non-hydrogen) atoms. The standard InChI is InChI=1S/C24H36N6O3/c1-15-21(33-14-25-15)30(32)27-19-12-16(10-11-24(19,5)6)17-8-9-18-20(26-17)28(7)22(31)29(18)13-23(2,3)4/h8-9,14,16,19,27,32H,10-13H2,1-7H3. The number of anilines is 1. The highest BCUT2D eigenvalue weighted by atomic mass is 16.6. The molecule has 0 aliphatic heterocycles. The molecule has 2 atom stereocenters. The number of oxazole rings is 1. The normalized spacial score (nSPS) is 21.0. The van der Waals surface area contributed by atoms with Gasteiger partial charge in [0, 0.05) is 31.2 Å². The summed E-state index contributed by atoms with van der Waals surface area (Å²) >= 11 is 0. The SMILES string of the molecule is Cc1ncoc1N(O)NC1CC(c2ccc3c(n2)n(C)c(=O)n3CC(C)(C)C)CCC1(C)C. The third-order valence-electron chi connectivity index (χ3n) is 6.84. The van der Waals surface area contributed by atoms with E-state index in [0.717, 1.165) is 41.3 Å². The van der Waals surface area contributed by atoms with Crippen LogP contribution in [0.3, 0.4) is 0 Å². The molecule has 9 nitrogen and oxygen atoms in total. The number of fused-ring (bicyclic) bond motifs is 1. The summed E-state index contributed by atoms with van der Waals surface area (Å²) in [6.45, 7) is 13.2. The Hall–Kier alpha value is -2.65. The van der Waals surface area contributed by atoms with Crippen LogP contribution in [0.5, 0.6) is 0 Å². The fourth-order valence-electron chi connectivity index (χ4n) is 4.79. The van der Waals surface area contributed by atoms with Gasteiger partial charge in [0.2, 0.25) is 0 Å². The van der Waals surface area contributed by atoms with Crippen molar-refractivity contribution >= 4 is 17.0 Å². The molecule has 9 heteroatoms. The zero-order valence-electron chi connectivity index (χ0n) is 20.7. The largest absolute Gasteiger partial charge is 0.424 e. The summed E-state index contributed by atoms with van der Waals surface area (Å²) in [7, 11) is 1.79. The minimum absolute atomic E-state index is 0.00226. The molecule has 3 heterocycles. The van der Waals surface area contributed by atoms with Crippen molar-refractivity contribution in [3.05, 3.63) is 40.4 Å². The lowest BCUT2D eigenvalue weighted by molar-refractivity contribution is 0.0927. The van der Waals surface area contributed by atoms with Crippen molar-refractivity contribution in [2.75, 3.05) is 5.17 Å². The van der Waals surface area contributed by atoms with Crippen molar-refractivity contribution in [2.45, 2.75) is 79.3 Å². The number of nitrogens with one attached hydrogen (secondary N) is 1. The highest BCUT2D eigenvalue weighted by molar-refractivity contribution is 5.72. The van der Waals surface area contributed by atoms with E-state index in [1.807, 2.05) is 10.6 Å². The van der Waals surface area contributed by atoms with Gasteiger partial charge in [-0.05, 0) is 49.1 Å². The molecule has 0 radical (unpaired) electrons. The van der Waals surface area contributed by atoms with Crippen LogP contribution >= 0.6 is 0 Å². The lowest BCUT2D eigenvalue weighted by atomic mass is 9.69. The van der Waals surface area contributed by atoms with E-state index < -0.39 is 0 Å². The van der Waals surface area contributed by atoms with Gasteiger partial charge < -0.3 is 4.42 Å². The maximum atomic E-state index is 12.9. The van der Waals surface area contributed by atoms with Gasteiger partial charge in [0.1, 0.15) is 5.69 Å². The van der Waals surface area contributed by atoms with Gasteiger partial charge in [-0.15, -0.1) is 5.17 Å². The molecule has 1 aliphatic carbocycles. The zero-order chi connectivity index (χ0) is 24.1. The Bertz CT molecular complexity index is 1200. The third-order valence-corrected chi connectivity index (χ3v) is 6.84. The predicted octanol–water partition coefficient (Wildman–Crippen LogP) is 4.14. The first-order valence-electron chi connectivity index (χ1n) is 11.6. The van der Waals surface area contributed by atoms with E-state index in [9.17, 15) is 10.0 Å². The predicted molar refractivity (Wildman–Crippen MR) is 127 cm³/mol. The van der Waals surface area contributed by atoms with Crippen LogP contribution in [0.15, 0.2) is 27.7 Å². The number of rotatable bonds is 5. The number of hydrazine groups is 1. The molecule has 3 aromatic rings. The van der Waals surface area contributed by atoms with Crippen LogP contribution in [0.1, 0.15) is 71.2 Å². The third kappa shape index (κ3) is 4.56. The van der Waals surface area contributed by atoms with Crippen molar-refractivity contribution < 1.29 is 9.62 Å². The van der Waals surface area contributed by atoms with Gasteiger partial charge in [-0.2, -0.15) is 0 Å². The highest BCUT2D eigenvalue weighted by Gasteiger charge is 2.39. The quantitative estimate of drug-likeness (QED) is 0.556. The van der Waals surface area contributed by atoms with Gasteiger partial charge in [-0.25, -0.2) is 20.2 Å². The number of aromatic nitrogens is 4.